The fourth-order valence-corrected chi connectivity index (χ4v) is 3.49. The molecule has 3 aromatic rings. The van der Waals surface area contributed by atoms with Crippen LogP contribution in [-0.2, 0) is 19.5 Å². The quantitative estimate of drug-likeness (QED) is 0.795. The molecule has 0 fully saturated rings. The van der Waals surface area contributed by atoms with Gasteiger partial charge in [0.05, 0.1) is 5.69 Å². The van der Waals surface area contributed by atoms with Crippen LogP contribution < -0.4 is 5.73 Å². The van der Waals surface area contributed by atoms with Crippen molar-refractivity contribution in [2.75, 3.05) is 12.3 Å². The molecule has 4 rings (SSSR count). The molecule has 0 spiro atoms. The molecule has 0 atom stereocenters. The molecule has 6 nitrogen and oxygen atoms in total. The number of nitrogens with zero attached hydrogens (tertiary/aromatic N) is 5. The van der Waals surface area contributed by atoms with E-state index in [4.69, 9.17) is 10.7 Å². The highest BCUT2D eigenvalue weighted by Crippen LogP contribution is 2.23. The maximum atomic E-state index is 5.70. The van der Waals surface area contributed by atoms with E-state index in [-0.39, 0.29) is 0 Å². The SMILES string of the molecule is Nc1ncc(CN2CCc3nc(-c4ccncc4)ncc3C2)s1. The summed E-state index contributed by atoms with van der Waals surface area (Å²) in [6.07, 6.45) is 8.27. The highest BCUT2D eigenvalue weighted by molar-refractivity contribution is 7.15. The first-order chi connectivity index (χ1) is 11.3. The van der Waals surface area contributed by atoms with Gasteiger partial charge in [0.1, 0.15) is 0 Å². The number of thiazole rings is 1. The molecule has 3 aromatic heterocycles. The number of anilines is 1. The number of hydrogen-bond donors (Lipinski definition) is 1. The number of nitrogens with two attached hydrogens (primary N) is 1. The van der Waals surface area contributed by atoms with E-state index in [1.807, 2.05) is 24.5 Å². The maximum absolute atomic E-state index is 5.70. The zero-order chi connectivity index (χ0) is 15.6. The Morgan fingerprint density at radius 2 is 2.04 bits per heavy atom. The van der Waals surface area contributed by atoms with Gasteiger partial charge in [-0.25, -0.2) is 15.0 Å². The third-order valence-corrected chi connectivity index (χ3v) is 4.71. The zero-order valence-corrected chi connectivity index (χ0v) is 13.3. The molecular weight excluding hydrogens is 308 g/mol. The Morgan fingerprint density at radius 3 is 2.83 bits per heavy atom. The van der Waals surface area contributed by atoms with Crippen LogP contribution in [0.2, 0.25) is 0 Å². The molecule has 0 bridgehead atoms. The van der Waals surface area contributed by atoms with Crippen LogP contribution in [0.3, 0.4) is 0 Å². The molecule has 0 amide bonds. The summed E-state index contributed by atoms with van der Waals surface area (Å²) in [5.41, 5.74) is 9.05. The van der Waals surface area contributed by atoms with Crippen molar-refractivity contribution >= 4 is 16.5 Å². The van der Waals surface area contributed by atoms with E-state index in [9.17, 15) is 0 Å². The molecule has 23 heavy (non-hydrogen) atoms. The van der Waals surface area contributed by atoms with Gasteiger partial charge in [0.2, 0.25) is 0 Å². The van der Waals surface area contributed by atoms with Crippen molar-refractivity contribution in [1.82, 2.24) is 24.8 Å². The molecule has 0 saturated heterocycles. The predicted octanol–water partition coefficient (Wildman–Crippen LogP) is 2.14. The van der Waals surface area contributed by atoms with E-state index >= 15 is 0 Å². The number of pyridine rings is 1. The predicted molar refractivity (Wildman–Crippen MR) is 89.6 cm³/mol. The fourth-order valence-electron chi connectivity index (χ4n) is 2.77. The molecule has 4 heterocycles. The Bertz CT molecular complexity index is 816. The average molecular weight is 324 g/mol. The van der Waals surface area contributed by atoms with Gasteiger partial charge in [-0.15, -0.1) is 11.3 Å². The highest BCUT2D eigenvalue weighted by Gasteiger charge is 2.19. The van der Waals surface area contributed by atoms with Gasteiger partial charge in [-0.3, -0.25) is 9.88 Å². The molecule has 0 aliphatic carbocycles. The molecule has 116 valence electrons. The van der Waals surface area contributed by atoms with Gasteiger partial charge in [0.25, 0.3) is 0 Å². The summed E-state index contributed by atoms with van der Waals surface area (Å²) in [5, 5.41) is 0.628. The number of rotatable bonds is 3. The summed E-state index contributed by atoms with van der Waals surface area (Å²) in [7, 11) is 0. The van der Waals surface area contributed by atoms with Crippen molar-refractivity contribution in [2.24, 2.45) is 0 Å². The third kappa shape index (κ3) is 3.06. The topological polar surface area (TPSA) is 80.8 Å². The van der Waals surface area contributed by atoms with Crippen LogP contribution in [0, 0.1) is 0 Å². The fraction of sp³-hybridized carbons (Fsp3) is 0.250. The Balaban J connectivity index is 1.52. The summed E-state index contributed by atoms with van der Waals surface area (Å²) in [5.74, 6) is 0.773. The van der Waals surface area contributed by atoms with Crippen molar-refractivity contribution in [2.45, 2.75) is 19.5 Å². The first kappa shape index (κ1) is 14.2. The summed E-state index contributed by atoms with van der Waals surface area (Å²) in [6.45, 7) is 2.72. The standard InChI is InChI=1S/C16H16N6S/c17-16-20-8-13(23-16)10-22-6-3-14-12(9-22)7-19-15(21-14)11-1-4-18-5-2-11/h1-2,4-5,7-8H,3,6,9-10H2,(H2,17,20). The van der Waals surface area contributed by atoms with Gasteiger partial charge in [-0.2, -0.15) is 0 Å². The first-order valence-corrected chi connectivity index (χ1v) is 8.27. The summed E-state index contributed by atoms with van der Waals surface area (Å²) in [6, 6.07) is 3.87. The minimum atomic E-state index is 0.628. The lowest BCUT2D eigenvalue weighted by Crippen LogP contribution is -2.30. The van der Waals surface area contributed by atoms with E-state index in [0.717, 1.165) is 43.1 Å². The largest absolute Gasteiger partial charge is 0.375 e. The monoisotopic (exact) mass is 324 g/mol. The average Bonchev–Trinajstić information content (AvgIpc) is 3.00. The van der Waals surface area contributed by atoms with Crippen LogP contribution in [0.25, 0.3) is 11.4 Å². The van der Waals surface area contributed by atoms with Gasteiger partial charge in [-0.05, 0) is 12.1 Å². The van der Waals surface area contributed by atoms with E-state index in [1.165, 1.54) is 10.4 Å². The summed E-state index contributed by atoms with van der Waals surface area (Å²) in [4.78, 5) is 21.0. The second kappa shape index (κ2) is 6.02. The zero-order valence-electron chi connectivity index (χ0n) is 12.5. The second-order valence-corrected chi connectivity index (χ2v) is 6.67. The van der Waals surface area contributed by atoms with Crippen LogP contribution >= 0.6 is 11.3 Å². The molecule has 1 aliphatic rings. The van der Waals surface area contributed by atoms with Crippen molar-refractivity contribution < 1.29 is 0 Å². The van der Waals surface area contributed by atoms with E-state index in [0.29, 0.717) is 5.13 Å². The lowest BCUT2D eigenvalue weighted by atomic mass is 10.1. The Kier molecular flexibility index (Phi) is 3.72. The smallest absolute Gasteiger partial charge is 0.180 e. The summed E-state index contributed by atoms with van der Waals surface area (Å²) < 4.78 is 0. The maximum Gasteiger partial charge on any atom is 0.180 e. The van der Waals surface area contributed by atoms with Crippen molar-refractivity contribution in [3.63, 3.8) is 0 Å². The van der Waals surface area contributed by atoms with Gasteiger partial charge in [0, 0.05) is 66.8 Å². The lowest BCUT2D eigenvalue weighted by molar-refractivity contribution is 0.245. The number of aromatic nitrogens is 4. The molecule has 0 unspecified atom stereocenters. The Morgan fingerprint density at radius 1 is 1.17 bits per heavy atom. The van der Waals surface area contributed by atoms with Crippen LogP contribution in [-0.4, -0.2) is 31.4 Å². The second-order valence-electron chi connectivity index (χ2n) is 5.53. The third-order valence-electron chi connectivity index (χ3n) is 3.90. The van der Waals surface area contributed by atoms with Crippen LogP contribution in [0.1, 0.15) is 16.1 Å². The van der Waals surface area contributed by atoms with Crippen LogP contribution in [0.5, 0.6) is 0 Å². The number of hydrogen-bond acceptors (Lipinski definition) is 7. The molecule has 0 saturated carbocycles. The van der Waals surface area contributed by atoms with Crippen LogP contribution in [0.15, 0.2) is 36.9 Å². The van der Waals surface area contributed by atoms with Gasteiger partial charge in [-0.1, -0.05) is 0 Å². The number of fused-ring (bicyclic) bond motifs is 1. The highest BCUT2D eigenvalue weighted by atomic mass is 32.1. The van der Waals surface area contributed by atoms with Crippen molar-refractivity contribution in [1.29, 1.82) is 0 Å². The van der Waals surface area contributed by atoms with Gasteiger partial charge in [0.15, 0.2) is 11.0 Å². The van der Waals surface area contributed by atoms with Gasteiger partial charge < -0.3 is 5.73 Å². The molecular formula is C16H16N6S. The van der Waals surface area contributed by atoms with E-state index in [1.54, 1.807) is 23.7 Å². The van der Waals surface area contributed by atoms with Crippen molar-refractivity contribution in [3.05, 3.63) is 53.1 Å². The Hall–Kier alpha value is -2.38. The molecule has 0 aromatic carbocycles. The molecule has 1 aliphatic heterocycles. The normalized spacial score (nSPS) is 14.6. The molecule has 2 N–H and O–H groups in total. The summed E-state index contributed by atoms with van der Waals surface area (Å²) >= 11 is 1.55. The van der Waals surface area contributed by atoms with E-state index < -0.39 is 0 Å². The first-order valence-electron chi connectivity index (χ1n) is 7.45. The van der Waals surface area contributed by atoms with Crippen LogP contribution in [0.4, 0.5) is 5.13 Å². The molecule has 7 heteroatoms. The lowest BCUT2D eigenvalue weighted by Gasteiger charge is -2.27. The molecule has 0 radical (unpaired) electrons. The minimum absolute atomic E-state index is 0.628. The minimum Gasteiger partial charge on any atom is -0.375 e. The van der Waals surface area contributed by atoms with E-state index in [2.05, 4.69) is 19.9 Å². The van der Waals surface area contributed by atoms with Gasteiger partial charge >= 0.3 is 0 Å². The Labute approximate surface area is 138 Å². The number of nitrogen functional groups attached to an aromatic ring is 1. The van der Waals surface area contributed by atoms with Crippen molar-refractivity contribution in [3.8, 4) is 11.4 Å².